The highest BCUT2D eigenvalue weighted by Gasteiger charge is 2.19. The van der Waals surface area contributed by atoms with Crippen molar-refractivity contribution < 1.29 is 9.21 Å². The summed E-state index contributed by atoms with van der Waals surface area (Å²) >= 11 is 6.45. The molecule has 110 valence electrons. The van der Waals surface area contributed by atoms with Crippen molar-refractivity contribution in [3.63, 3.8) is 0 Å². The monoisotopic (exact) mass is 303 g/mol. The van der Waals surface area contributed by atoms with Gasteiger partial charge in [-0.2, -0.15) is 0 Å². The van der Waals surface area contributed by atoms with Gasteiger partial charge in [-0.15, -0.1) is 0 Å². The molecule has 0 spiro atoms. The van der Waals surface area contributed by atoms with Crippen molar-refractivity contribution in [1.82, 2.24) is 0 Å². The maximum Gasteiger partial charge on any atom is 0.185 e. The molecule has 0 aliphatic carbocycles. The van der Waals surface area contributed by atoms with Crippen LogP contribution in [-0.4, -0.2) is 19.4 Å². The van der Waals surface area contributed by atoms with E-state index in [-0.39, 0.29) is 0 Å². The normalized spacial score (nSPS) is 18.8. The van der Waals surface area contributed by atoms with Crippen LogP contribution in [0.15, 0.2) is 34.7 Å². The van der Waals surface area contributed by atoms with Crippen LogP contribution in [0.5, 0.6) is 0 Å². The Balaban J connectivity index is 1.87. The predicted molar refractivity (Wildman–Crippen MR) is 85.2 cm³/mol. The molecule has 2 heterocycles. The number of benzene rings is 1. The van der Waals surface area contributed by atoms with Gasteiger partial charge in [-0.25, -0.2) is 0 Å². The number of hydrogen-bond donors (Lipinski definition) is 0. The van der Waals surface area contributed by atoms with E-state index in [0.717, 1.165) is 29.4 Å². The minimum Gasteiger partial charge on any atom is -0.453 e. The SMILES string of the molecule is CC1CCCN(c2ccc(-c3ccc(C=O)o3)cc2Cl)C1. The molecular formula is C17H18ClNO2. The van der Waals surface area contributed by atoms with E-state index < -0.39 is 0 Å². The second kappa shape index (κ2) is 5.94. The Morgan fingerprint density at radius 3 is 2.86 bits per heavy atom. The molecule has 2 aromatic rings. The van der Waals surface area contributed by atoms with Gasteiger partial charge in [-0.05, 0) is 49.1 Å². The van der Waals surface area contributed by atoms with E-state index >= 15 is 0 Å². The molecule has 21 heavy (non-hydrogen) atoms. The maximum absolute atomic E-state index is 10.7. The number of anilines is 1. The lowest BCUT2D eigenvalue weighted by molar-refractivity contribution is 0.110. The van der Waals surface area contributed by atoms with E-state index in [1.807, 2.05) is 18.2 Å². The number of carbonyl (C=O) groups excluding carboxylic acids is 1. The van der Waals surface area contributed by atoms with Crippen LogP contribution in [0.4, 0.5) is 5.69 Å². The maximum atomic E-state index is 10.7. The summed E-state index contributed by atoms with van der Waals surface area (Å²) in [5.41, 5.74) is 1.97. The zero-order chi connectivity index (χ0) is 14.8. The first-order chi connectivity index (χ1) is 10.2. The second-order valence-electron chi connectivity index (χ2n) is 5.68. The van der Waals surface area contributed by atoms with E-state index in [1.54, 1.807) is 12.1 Å². The van der Waals surface area contributed by atoms with Gasteiger partial charge in [-0.3, -0.25) is 4.79 Å². The van der Waals surface area contributed by atoms with Gasteiger partial charge in [0, 0.05) is 18.7 Å². The van der Waals surface area contributed by atoms with Crippen molar-refractivity contribution in [2.75, 3.05) is 18.0 Å². The zero-order valence-corrected chi connectivity index (χ0v) is 12.8. The average molecular weight is 304 g/mol. The van der Waals surface area contributed by atoms with Gasteiger partial charge in [0.25, 0.3) is 0 Å². The topological polar surface area (TPSA) is 33.5 Å². The van der Waals surface area contributed by atoms with Crippen molar-refractivity contribution in [1.29, 1.82) is 0 Å². The Kier molecular flexibility index (Phi) is 4.02. The van der Waals surface area contributed by atoms with Crippen LogP contribution in [0.2, 0.25) is 5.02 Å². The fourth-order valence-electron chi connectivity index (χ4n) is 2.90. The van der Waals surface area contributed by atoms with E-state index in [4.69, 9.17) is 16.0 Å². The van der Waals surface area contributed by atoms with E-state index in [1.165, 1.54) is 12.8 Å². The minimum atomic E-state index is 0.329. The lowest BCUT2D eigenvalue weighted by Gasteiger charge is -2.33. The number of piperidine rings is 1. The van der Waals surface area contributed by atoms with E-state index in [9.17, 15) is 4.79 Å². The first kappa shape index (κ1) is 14.2. The summed E-state index contributed by atoms with van der Waals surface area (Å²) in [6.07, 6.45) is 3.20. The highest BCUT2D eigenvalue weighted by atomic mass is 35.5. The van der Waals surface area contributed by atoms with Crippen molar-refractivity contribution in [3.05, 3.63) is 41.1 Å². The summed E-state index contributed by atoms with van der Waals surface area (Å²) in [5.74, 6) is 1.70. The Morgan fingerprint density at radius 1 is 1.33 bits per heavy atom. The van der Waals surface area contributed by atoms with Crippen LogP contribution in [-0.2, 0) is 0 Å². The van der Waals surface area contributed by atoms with Gasteiger partial charge in [0.05, 0.1) is 10.7 Å². The second-order valence-corrected chi connectivity index (χ2v) is 6.09. The standard InChI is InChI=1S/C17H18ClNO2/c1-12-3-2-8-19(10-12)16-6-4-13(9-15(16)18)17-7-5-14(11-20)21-17/h4-7,9,11-12H,2-3,8,10H2,1H3. The van der Waals surface area contributed by atoms with Crippen molar-refractivity contribution in [3.8, 4) is 11.3 Å². The Labute approximate surface area is 129 Å². The molecule has 3 rings (SSSR count). The summed E-state index contributed by atoms with van der Waals surface area (Å²) < 4.78 is 5.44. The number of carbonyl (C=O) groups is 1. The van der Waals surface area contributed by atoms with Crippen LogP contribution in [0.3, 0.4) is 0 Å². The number of halogens is 1. The molecule has 1 aliphatic rings. The van der Waals surface area contributed by atoms with E-state index in [2.05, 4.69) is 11.8 Å². The third-order valence-electron chi connectivity index (χ3n) is 3.97. The molecule has 1 saturated heterocycles. The van der Waals surface area contributed by atoms with Gasteiger partial charge in [0.1, 0.15) is 5.76 Å². The number of hydrogen-bond acceptors (Lipinski definition) is 3. The molecule has 1 aromatic heterocycles. The van der Waals surface area contributed by atoms with Crippen LogP contribution >= 0.6 is 11.6 Å². The van der Waals surface area contributed by atoms with Crippen molar-refractivity contribution >= 4 is 23.6 Å². The number of nitrogens with zero attached hydrogens (tertiary/aromatic N) is 1. The first-order valence-corrected chi connectivity index (χ1v) is 7.65. The lowest BCUT2D eigenvalue weighted by Crippen LogP contribution is -2.34. The van der Waals surface area contributed by atoms with Crippen LogP contribution in [0.1, 0.15) is 30.3 Å². The summed E-state index contributed by atoms with van der Waals surface area (Å²) in [7, 11) is 0. The van der Waals surface area contributed by atoms with Gasteiger partial charge < -0.3 is 9.32 Å². The molecule has 1 fully saturated rings. The number of rotatable bonds is 3. The zero-order valence-electron chi connectivity index (χ0n) is 12.0. The fraction of sp³-hybridized carbons (Fsp3) is 0.353. The van der Waals surface area contributed by atoms with Crippen molar-refractivity contribution in [2.24, 2.45) is 5.92 Å². The molecule has 0 saturated carbocycles. The molecule has 0 bridgehead atoms. The predicted octanol–water partition coefficient (Wildman–Crippen LogP) is 4.65. The van der Waals surface area contributed by atoms with E-state index in [0.29, 0.717) is 23.7 Å². The molecule has 0 amide bonds. The fourth-order valence-corrected chi connectivity index (χ4v) is 3.20. The quantitative estimate of drug-likeness (QED) is 0.774. The first-order valence-electron chi connectivity index (χ1n) is 7.27. The number of aldehydes is 1. The Hall–Kier alpha value is -1.74. The number of furan rings is 1. The lowest BCUT2D eigenvalue weighted by atomic mass is 9.99. The molecule has 1 atom stereocenters. The third kappa shape index (κ3) is 2.98. The summed E-state index contributed by atoms with van der Waals surface area (Å²) in [6.45, 7) is 4.38. The van der Waals surface area contributed by atoms with Gasteiger partial charge in [0.15, 0.2) is 12.0 Å². The van der Waals surface area contributed by atoms with Gasteiger partial charge in [0.2, 0.25) is 0 Å². The third-order valence-corrected chi connectivity index (χ3v) is 4.28. The van der Waals surface area contributed by atoms with Crippen LogP contribution in [0.25, 0.3) is 11.3 Å². The molecule has 1 aromatic carbocycles. The molecule has 4 heteroatoms. The molecule has 0 N–H and O–H groups in total. The van der Waals surface area contributed by atoms with Gasteiger partial charge >= 0.3 is 0 Å². The Bertz CT molecular complexity index is 650. The minimum absolute atomic E-state index is 0.329. The summed E-state index contributed by atoms with van der Waals surface area (Å²) in [5, 5.41) is 0.727. The highest BCUT2D eigenvalue weighted by Crippen LogP contribution is 2.33. The highest BCUT2D eigenvalue weighted by molar-refractivity contribution is 6.33. The molecule has 0 radical (unpaired) electrons. The molecule has 1 unspecified atom stereocenters. The largest absolute Gasteiger partial charge is 0.453 e. The molecule has 1 aliphatic heterocycles. The van der Waals surface area contributed by atoms with Crippen molar-refractivity contribution in [2.45, 2.75) is 19.8 Å². The van der Waals surface area contributed by atoms with Gasteiger partial charge in [-0.1, -0.05) is 18.5 Å². The Morgan fingerprint density at radius 2 is 2.19 bits per heavy atom. The van der Waals surface area contributed by atoms with Crippen LogP contribution in [0, 0.1) is 5.92 Å². The van der Waals surface area contributed by atoms with Crippen LogP contribution < -0.4 is 4.90 Å². The molecule has 3 nitrogen and oxygen atoms in total. The summed E-state index contributed by atoms with van der Waals surface area (Å²) in [4.78, 5) is 13.0. The molecular weight excluding hydrogens is 286 g/mol. The smallest absolute Gasteiger partial charge is 0.185 e. The average Bonchev–Trinajstić information content (AvgIpc) is 2.96. The summed E-state index contributed by atoms with van der Waals surface area (Å²) in [6, 6.07) is 9.39.